The van der Waals surface area contributed by atoms with Gasteiger partial charge in [0.25, 0.3) is 0 Å². The van der Waals surface area contributed by atoms with E-state index in [-0.39, 0.29) is 0 Å². The summed E-state index contributed by atoms with van der Waals surface area (Å²) in [4.78, 5) is 0. The first kappa shape index (κ1) is 12.4. The lowest BCUT2D eigenvalue weighted by Crippen LogP contribution is -2.38. The van der Waals surface area contributed by atoms with Crippen LogP contribution in [0.25, 0.3) is 0 Å². The largest absolute Gasteiger partial charge is 0.508 e. The number of phenols is 1. The molecule has 2 unspecified atom stereocenters. The first-order chi connectivity index (χ1) is 8.28. The molecule has 0 bridgehead atoms. The van der Waals surface area contributed by atoms with Crippen molar-refractivity contribution in [3.8, 4) is 5.75 Å². The van der Waals surface area contributed by atoms with Gasteiger partial charge in [0.05, 0.1) is 6.10 Å². The van der Waals surface area contributed by atoms with E-state index >= 15 is 0 Å². The molecule has 2 N–H and O–H groups in total. The van der Waals surface area contributed by atoms with E-state index in [2.05, 4.69) is 12.2 Å². The Morgan fingerprint density at radius 1 is 1.35 bits per heavy atom. The zero-order chi connectivity index (χ0) is 12.1. The molecular formula is C14H21NO2. The molecule has 1 heterocycles. The second-order valence-corrected chi connectivity index (χ2v) is 4.67. The second-order valence-electron chi connectivity index (χ2n) is 4.67. The minimum Gasteiger partial charge on any atom is -0.508 e. The van der Waals surface area contributed by atoms with E-state index in [1.54, 1.807) is 12.1 Å². The van der Waals surface area contributed by atoms with Gasteiger partial charge in [-0.25, -0.2) is 0 Å². The molecule has 2 atom stereocenters. The van der Waals surface area contributed by atoms with E-state index in [0.29, 0.717) is 17.9 Å². The van der Waals surface area contributed by atoms with Crippen molar-refractivity contribution in [1.29, 1.82) is 0 Å². The Labute approximate surface area is 103 Å². The van der Waals surface area contributed by atoms with Crippen molar-refractivity contribution in [3.05, 3.63) is 29.8 Å². The summed E-state index contributed by atoms with van der Waals surface area (Å²) in [5.41, 5.74) is 1.21. The maximum absolute atomic E-state index is 9.20. The molecule has 1 aliphatic heterocycles. The fraction of sp³-hybridized carbons (Fsp3) is 0.571. The molecule has 0 radical (unpaired) electrons. The number of benzene rings is 1. The van der Waals surface area contributed by atoms with Gasteiger partial charge < -0.3 is 15.2 Å². The monoisotopic (exact) mass is 235 g/mol. The van der Waals surface area contributed by atoms with Crippen molar-refractivity contribution in [2.24, 2.45) is 0 Å². The Morgan fingerprint density at radius 2 is 2.12 bits per heavy atom. The number of nitrogens with one attached hydrogen (secondary N) is 1. The Kier molecular flexibility index (Phi) is 4.40. The second kappa shape index (κ2) is 6.03. The molecule has 1 aliphatic rings. The van der Waals surface area contributed by atoms with Gasteiger partial charge >= 0.3 is 0 Å². The number of aromatic hydroxyl groups is 1. The van der Waals surface area contributed by atoms with Gasteiger partial charge in [0.15, 0.2) is 0 Å². The van der Waals surface area contributed by atoms with Crippen LogP contribution in [0.4, 0.5) is 0 Å². The summed E-state index contributed by atoms with van der Waals surface area (Å²) in [5, 5.41) is 12.8. The molecule has 1 saturated heterocycles. The minimum absolute atomic E-state index is 0.325. The van der Waals surface area contributed by atoms with Crippen molar-refractivity contribution < 1.29 is 9.84 Å². The highest BCUT2D eigenvalue weighted by Crippen LogP contribution is 2.17. The highest BCUT2D eigenvalue weighted by molar-refractivity contribution is 5.25. The van der Waals surface area contributed by atoms with Crippen LogP contribution in [0.1, 0.15) is 31.7 Å². The minimum atomic E-state index is 0.325. The molecule has 1 fully saturated rings. The summed E-state index contributed by atoms with van der Waals surface area (Å²) in [6, 6.07) is 7.94. The van der Waals surface area contributed by atoms with Crippen molar-refractivity contribution in [2.45, 2.75) is 44.9 Å². The molecule has 17 heavy (non-hydrogen) atoms. The number of ether oxygens (including phenoxy) is 1. The molecule has 2 rings (SSSR count). The smallest absolute Gasteiger partial charge is 0.115 e. The fourth-order valence-corrected chi connectivity index (χ4v) is 2.23. The molecule has 94 valence electrons. The van der Waals surface area contributed by atoms with Crippen LogP contribution in [-0.2, 0) is 11.3 Å². The van der Waals surface area contributed by atoms with E-state index in [0.717, 1.165) is 32.4 Å². The molecule has 0 saturated carbocycles. The number of hydrogen-bond donors (Lipinski definition) is 2. The predicted octanol–water partition coefficient (Wildman–Crippen LogP) is 2.44. The third-order valence-electron chi connectivity index (χ3n) is 3.35. The predicted molar refractivity (Wildman–Crippen MR) is 68.0 cm³/mol. The third-order valence-corrected chi connectivity index (χ3v) is 3.35. The van der Waals surface area contributed by atoms with Crippen LogP contribution in [0.15, 0.2) is 24.3 Å². The van der Waals surface area contributed by atoms with Gasteiger partial charge in [0, 0.05) is 19.2 Å². The van der Waals surface area contributed by atoms with Gasteiger partial charge in [0.2, 0.25) is 0 Å². The summed E-state index contributed by atoms with van der Waals surface area (Å²) in [6.07, 6.45) is 3.71. The zero-order valence-electron chi connectivity index (χ0n) is 10.4. The summed E-state index contributed by atoms with van der Waals surface area (Å²) in [6.45, 7) is 3.90. The molecule has 0 aromatic heterocycles. The Balaban J connectivity index is 1.79. The van der Waals surface area contributed by atoms with Crippen molar-refractivity contribution in [2.75, 3.05) is 6.61 Å². The topological polar surface area (TPSA) is 41.5 Å². The number of phenolic OH excluding ortho intramolecular Hbond substituents is 1. The molecule has 3 nitrogen and oxygen atoms in total. The standard InChI is InChI=1S/C14H21NO2/c1-2-14-9-12(7-8-17-14)15-10-11-3-5-13(16)6-4-11/h3-6,12,14-16H,2,7-10H2,1H3. The Morgan fingerprint density at radius 3 is 2.82 bits per heavy atom. The van der Waals surface area contributed by atoms with E-state index in [1.165, 1.54) is 5.56 Å². The lowest BCUT2D eigenvalue weighted by molar-refractivity contribution is -0.000318. The molecule has 1 aromatic rings. The third kappa shape index (κ3) is 3.72. The summed E-state index contributed by atoms with van der Waals surface area (Å²) in [7, 11) is 0. The van der Waals surface area contributed by atoms with Crippen LogP contribution in [0.3, 0.4) is 0 Å². The lowest BCUT2D eigenvalue weighted by Gasteiger charge is -2.29. The van der Waals surface area contributed by atoms with Gasteiger partial charge in [-0.15, -0.1) is 0 Å². The van der Waals surface area contributed by atoms with Crippen molar-refractivity contribution >= 4 is 0 Å². The molecule has 0 spiro atoms. The maximum Gasteiger partial charge on any atom is 0.115 e. The highest BCUT2D eigenvalue weighted by Gasteiger charge is 2.20. The normalized spacial score (nSPS) is 24.8. The first-order valence-electron chi connectivity index (χ1n) is 6.41. The summed E-state index contributed by atoms with van der Waals surface area (Å²) < 4.78 is 5.65. The van der Waals surface area contributed by atoms with Crippen LogP contribution in [0, 0.1) is 0 Å². The first-order valence-corrected chi connectivity index (χ1v) is 6.41. The Hall–Kier alpha value is -1.06. The molecule has 0 aliphatic carbocycles. The Bertz CT molecular complexity index is 337. The molecule has 1 aromatic carbocycles. The molecule has 0 amide bonds. The zero-order valence-corrected chi connectivity index (χ0v) is 10.4. The van der Waals surface area contributed by atoms with Crippen LogP contribution in [0.5, 0.6) is 5.75 Å². The molecular weight excluding hydrogens is 214 g/mol. The fourth-order valence-electron chi connectivity index (χ4n) is 2.23. The summed E-state index contributed by atoms with van der Waals surface area (Å²) in [5.74, 6) is 0.325. The van der Waals surface area contributed by atoms with Crippen LogP contribution in [0.2, 0.25) is 0 Å². The average Bonchev–Trinajstić information content (AvgIpc) is 2.38. The maximum atomic E-state index is 9.20. The molecule has 3 heteroatoms. The van der Waals surface area contributed by atoms with Crippen LogP contribution >= 0.6 is 0 Å². The van der Waals surface area contributed by atoms with Crippen LogP contribution < -0.4 is 5.32 Å². The van der Waals surface area contributed by atoms with Crippen LogP contribution in [-0.4, -0.2) is 23.9 Å². The van der Waals surface area contributed by atoms with Gasteiger partial charge in [-0.05, 0) is 37.0 Å². The SMILES string of the molecule is CCC1CC(NCc2ccc(O)cc2)CCO1. The van der Waals surface area contributed by atoms with E-state index < -0.39 is 0 Å². The summed E-state index contributed by atoms with van der Waals surface area (Å²) >= 11 is 0. The van der Waals surface area contributed by atoms with Crippen molar-refractivity contribution in [3.63, 3.8) is 0 Å². The number of hydrogen-bond acceptors (Lipinski definition) is 3. The highest BCUT2D eigenvalue weighted by atomic mass is 16.5. The van der Waals surface area contributed by atoms with Crippen molar-refractivity contribution in [1.82, 2.24) is 5.32 Å². The lowest BCUT2D eigenvalue weighted by atomic mass is 10.0. The quantitative estimate of drug-likeness (QED) is 0.842. The van der Waals surface area contributed by atoms with Gasteiger partial charge in [-0.1, -0.05) is 19.1 Å². The van der Waals surface area contributed by atoms with E-state index in [4.69, 9.17) is 4.74 Å². The van der Waals surface area contributed by atoms with Gasteiger partial charge in [-0.3, -0.25) is 0 Å². The van der Waals surface area contributed by atoms with E-state index in [9.17, 15) is 5.11 Å². The van der Waals surface area contributed by atoms with Gasteiger partial charge in [-0.2, -0.15) is 0 Å². The average molecular weight is 235 g/mol. The van der Waals surface area contributed by atoms with Gasteiger partial charge in [0.1, 0.15) is 5.75 Å². The van der Waals surface area contributed by atoms with E-state index in [1.807, 2.05) is 12.1 Å². The number of rotatable bonds is 4.